The molecule has 1 heterocycles. The van der Waals surface area contributed by atoms with Gasteiger partial charge in [-0.2, -0.15) is 0 Å². The smallest absolute Gasteiger partial charge is 0.153 e. The zero-order valence-corrected chi connectivity index (χ0v) is 12.5. The number of rotatable bonds is 2. The van der Waals surface area contributed by atoms with E-state index in [2.05, 4.69) is 20.9 Å². The number of ether oxygens (including phenoxy) is 1. The lowest BCUT2D eigenvalue weighted by molar-refractivity contribution is 0.489. The molecule has 2 N–H and O–H groups in total. The lowest BCUT2D eigenvalue weighted by Crippen LogP contribution is -1.94. The number of anilines is 1. The molecule has 3 nitrogen and oxygen atoms in total. The number of nitrogens with two attached hydrogens (primary N) is 1. The minimum Gasteiger partial charge on any atom is -0.453 e. The summed E-state index contributed by atoms with van der Waals surface area (Å²) in [6, 6.07) is 15.4. The monoisotopic (exact) mass is 328 g/mol. The number of halogens is 1. The topological polar surface area (TPSA) is 48.1 Å². The molecule has 0 atom stereocenters. The first-order valence-corrected chi connectivity index (χ1v) is 7.02. The molecule has 100 valence electrons. The predicted octanol–water partition coefficient (Wildman–Crippen LogP) is 4.68. The van der Waals surface area contributed by atoms with Crippen LogP contribution in [0.5, 0.6) is 11.5 Å². The van der Waals surface area contributed by atoms with E-state index in [9.17, 15) is 0 Å². The third kappa shape index (κ3) is 2.47. The Hall–Kier alpha value is -2.07. The minimum absolute atomic E-state index is 0.595. The van der Waals surface area contributed by atoms with Gasteiger partial charge < -0.3 is 10.5 Å². The van der Waals surface area contributed by atoms with Crippen molar-refractivity contribution in [1.82, 2.24) is 4.98 Å². The number of nitrogen functional groups attached to an aromatic ring is 1. The van der Waals surface area contributed by atoms with Crippen molar-refractivity contribution < 1.29 is 4.74 Å². The van der Waals surface area contributed by atoms with E-state index in [1.165, 1.54) is 0 Å². The van der Waals surface area contributed by atoms with Gasteiger partial charge in [-0.05, 0) is 37.3 Å². The molecule has 0 saturated heterocycles. The summed E-state index contributed by atoms with van der Waals surface area (Å²) in [5, 5.41) is 1.04. The van der Waals surface area contributed by atoms with E-state index in [1.54, 1.807) is 0 Å². The average Bonchev–Trinajstić information content (AvgIpc) is 2.43. The van der Waals surface area contributed by atoms with Gasteiger partial charge in [-0.1, -0.05) is 34.1 Å². The molecule has 0 radical (unpaired) electrons. The van der Waals surface area contributed by atoms with E-state index < -0.39 is 0 Å². The molecule has 2 aromatic carbocycles. The molecule has 0 unspecified atom stereocenters. The van der Waals surface area contributed by atoms with Gasteiger partial charge in [-0.3, -0.25) is 0 Å². The van der Waals surface area contributed by atoms with Crippen LogP contribution >= 0.6 is 15.9 Å². The second-order valence-electron chi connectivity index (χ2n) is 4.56. The van der Waals surface area contributed by atoms with Gasteiger partial charge in [0, 0.05) is 15.6 Å². The molecule has 0 amide bonds. The standard InChI is InChI=1S/C16H13BrN2O/c1-10-5-6-11-3-2-4-14(16(11)19-10)20-15-9-12(17)7-8-13(15)18/h2-9H,18H2,1H3. The number of benzene rings is 2. The normalized spacial score (nSPS) is 10.7. The van der Waals surface area contributed by atoms with Crippen LogP contribution in [0, 0.1) is 6.92 Å². The maximum Gasteiger partial charge on any atom is 0.153 e. The van der Waals surface area contributed by atoms with Gasteiger partial charge in [0.1, 0.15) is 5.52 Å². The second kappa shape index (κ2) is 5.13. The first-order chi connectivity index (χ1) is 9.63. The number of aromatic nitrogens is 1. The number of para-hydroxylation sites is 1. The first-order valence-electron chi connectivity index (χ1n) is 6.23. The van der Waals surface area contributed by atoms with E-state index >= 15 is 0 Å². The predicted molar refractivity (Wildman–Crippen MR) is 85.1 cm³/mol. The molecule has 0 aliphatic rings. The van der Waals surface area contributed by atoms with Crippen molar-refractivity contribution in [3.8, 4) is 11.5 Å². The third-order valence-corrected chi connectivity index (χ3v) is 3.51. The van der Waals surface area contributed by atoms with Gasteiger partial charge >= 0.3 is 0 Å². The van der Waals surface area contributed by atoms with Gasteiger partial charge in [-0.25, -0.2) is 4.98 Å². The number of nitrogens with zero attached hydrogens (tertiary/aromatic N) is 1. The van der Waals surface area contributed by atoms with Crippen molar-refractivity contribution in [3.63, 3.8) is 0 Å². The molecule has 1 aromatic heterocycles. The van der Waals surface area contributed by atoms with Gasteiger partial charge in [0.25, 0.3) is 0 Å². The quantitative estimate of drug-likeness (QED) is 0.695. The van der Waals surface area contributed by atoms with E-state index in [4.69, 9.17) is 10.5 Å². The first kappa shape index (κ1) is 12.9. The van der Waals surface area contributed by atoms with Crippen molar-refractivity contribution in [1.29, 1.82) is 0 Å². The fourth-order valence-electron chi connectivity index (χ4n) is 2.01. The van der Waals surface area contributed by atoms with Crippen LogP contribution in [0.25, 0.3) is 10.9 Å². The molecule has 0 aliphatic carbocycles. The fraction of sp³-hybridized carbons (Fsp3) is 0.0625. The van der Waals surface area contributed by atoms with Gasteiger partial charge in [-0.15, -0.1) is 0 Å². The summed E-state index contributed by atoms with van der Waals surface area (Å²) >= 11 is 3.42. The molecule has 3 aromatic rings. The summed E-state index contributed by atoms with van der Waals surface area (Å²) in [7, 11) is 0. The number of hydrogen-bond donors (Lipinski definition) is 1. The van der Waals surface area contributed by atoms with E-state index in [1.807, 2.05) is 55.5 Å². The Labute approximate surface area is 125 Å². The molecule has 0 bridgehead atoms. The summed E-state index contributed by atoms with van der Waals surface area (Å²) in [6.45, 7) is 1.96. The summed E-state index contributed by atoms with van der Waals surface area (Å²) in [5.74, 6) is 1.33. The Morgan fingerprint density at radius 1 is 1.05 bits per heavy atom. The molecular weight excluding hydrogens is 316 g/mol. The van der Waals surface area contributed by atoms with Crippen molar-refractivity contribution in [3.05, 3.63) is 58.7 Å². The SMILES string of the molecule is Cc1ccc2cccc(Oc3cc(Br)ccc3N)c2n1. The van der Waals surface area contributed by atoms with Crippen molar-refractivity contribution in [2.75, 3.05) is 5.73 Å². The van der Waals surface area contributed by atoms with Crippen LogP contribution < -0.4 is 10.5 Å². The zero-order chi connectivity index (χ0) is 14.1. The van der Waals surface area contributed by atoms with Crippen LogP contribution in [0.15, 0.2) is 53.0 Å². The number of fused-ring (bicyclic) bond motifs is 1. The van der Waals surface area contributed by atoms with Crippen LogP contribution in [0.2, 0.25) is 0 Å². The highest BCUT2D eigenvalue weighted by atomic mass is 79.9. The average molecular weight is 329 g/mol. The Balaban J connectivity index is 2.10. The third-order valence-electron chi connectivity index (χ3n) is 3.02. The largest absolute Gasteiger partial charge is 0.453 e. The molecule has 3 rings (SSSR count). The van der Waals surface area contributed by atoms with Crippen LogP contribution in [-0.4, -0.2) is 4.98 Å². The molecule has 0 fully saturated rings. The molecule has 0 spiro atoms. The van der Waals surface area contributed by atoms with Crippen molar-refractivity contribution in [2.45, 2.75) is 6.92 Å². The highest BCUT2D eigenvalue weighted by Gasteiger charge is 2.08. The lowest BCUT2D eigenvalue weighted by Gasteiger charge is -2.11. The Bertz CT molecular complexity index is 787. The number of aryl methyl sites for hydroxylation is 1. The van der Waals surface area contributed by atoms with Crippen LogP contribution in [0.4, 0.5) is 5.69 Å². The van der Waals surface area contributed by atoms with E-state index in [0.29, 0.717) is 17.2 Å². The summed E-state index contributed by atoms with van der Waals surface area (Å²) < 4.78 is 6.86. The molecule has 20 heavy (non-hydrogen) atoms. The van der Waals surface area contributed by atoms with Gasteiger partial charge in [0.2, 0.25) is 0 Å². The summed E-state index contributed by atoms with van der Waals surface area (Å²) in [5.41, 5.74) is 8.33. The summed E-state index contributed by atoms with van der Waals surface area (Å²) in [6.07, 6.45) is 0. The van der Waals surface area contributed by atoms with E-state index in [-0.39, 0.29) is 0 Å². The van der Waals surface area contributed by atoms with E-state index in [0.717, 1.165) is 21.1 Å². The maximum absolute atomic E-state index is 5.95. The minimum atomic E-state index is 0.595. The molecule has 4 heteroatoms. The van der Waals surface area contributed by atoms with Crippen LogP contribution in [-0.2, 0) is 0 Å². The second-order valence-corrected chi connectivity index (χ2v) is 5.48. The van der Waals surface area contributed by atoms with Gasteiger partial charge in [0.15, 0.2) is 11.5 Å². The molecule has 0 aliphatic heterocycles. The Morgan fingerprint density at radius 2 is 1.90 bits per heavy atom. The lowest BCUT2D eigenvalue weighted by atomic mass is 10.2. The van der Waals surface area contributed by atoms with Crippen LogP contribution in [0.3, 0.4) is 0 Å². The number of pyridine rings is 1. The Morgan fingerprint density at radius 3 is 2.75 bits per heavy atom. The van der Waals surface area contributed by atoms with Crippen molar-refractivity contribution in [2.24, 2.45) is 0 Å². The number of hydrogen-bond acceptors (Lipinski definition) is 3. The van der Waals surface area contributed by atoms with Gasteiger partial charge in [0.05, 0.1) is 5.69 Å². The fourth-order valence-corrected chi connectivity index (χ4v) is 2.35. The maximum atomic E-state index is 5.95. The highest BCUT2D eigenvalue weighted by Crippen LogP contribution is 2.33. The Kier molecular flexibility index (Phi) is 3.32. The molecular formula is C16H13BrN2O. The van der Waals surface area contributed by atoms with Crippen LogP contribution in [0.1, 0.15) is 5.69 Å². The van der Waals surface area contributed by atoms with Crippen molar-refractivity contribution >= 4 is 32.5 Å². The molecule has 0 saturated carbocycles. The summed E-state index contributed by atoms with van der Waals surface area (Å²) in [4.78, 5) is 4.55. The zero-order valence-electron chi connectivity index (χ0n) is 10.9. The highest BCUT2D eigenvalue weighted by molar-refractivity contribution is 9.10.